The Labute approximate surface area is 123 Å². The standard InChI is InChI=1S/C17H29N3/c1-5-16(18)17(14-8-6-13(2)7-9-14)20-11-10-15(12-20)19(3)4/h6-9,15-17H,5,10-12,18H2,1-4H3. The molecule has 1 fully saturated rings. The third kappa shape index (κ3) is 3.40. The number of hydrogen-bond donors (Lipinski definition) is 1. The Bertz CT molecular complexity index is 413. The molecule has 2 rings (SSSR count). The lowest BCUT2D eigenvalue weighted by Gasteiger charge is -2.33. The van der Waals surface area contributed by atoms with Gasteiger partial charge in [-0.15, -0.1) is 0 Å². The van der Waals surface area contributed by atoms with Crippen molar-refractivity contribution in [2.24, 2.45) is 5.73 Å². The van der Waals surface area contributed by atoms with Crippen LogP contribution in [0, 0.1) is 6.92 Å². The SMILES string of the molecule is CCC(N)C(c1ccc(C)cc1)N1CCC(N(C)C)C1. The monoisotopic (exact) mass is 275 g/mol. The maximum atomic E-state index is 6.43. The van der Waals surface area contributed by atoms with Gasteiger partial charge in [0.1, 0.15) is 0 Å². The zero-order valence-corrected chi connectivity index (χ0v) is 13.3. The highest BCUT2D eigenvalue weighted by Gasteiger charge is 2.32. The first kappa shape index (κ1) is 15.5. The molecule has 0 saturated carbocycles. The van der Waals surface area contributed by atoms with Gasteiger partial charge in [0.2, 0.25) is 0 Å². The van der Waals surface area contributed by atoms with Gasteiger partial charge >= 0.3 is 0 Å². The summed E-state index contributed by atoms with van der Waals surface area (Å²) in [6.07, 6.45) is 2.26. The van der Waals surface area contributed by atoms with Gasteiger partial charge < -0.3 is 10.6 Å². The third-order valence-corrected chi connectivity index (χ3v) is 4.61. The molecule has 1 aliphatic rings. The van der Waals surface area contributed by atoms with Crippen molar-refractivity contribution in [3.8, 4) is 0 Å². The van der Waals surface area contributed by atoms with Crippen LogP contribution in [0.1, 0.15) is 36.9 Å². The number of hydrogen-bond acceptors (Lipinski definition) is 3. The Hall–Kier alpha value is -0.900. The van der Waals surface area contributed by atoms with Crippen LogP contribution < -0.4 is 5.73 Å². The molecule has 0 radical (unpaired) electrons. The van der Waals surface area contributed by atoms with Gasteiger partial charge in [0, 0.05) is 31.2 Å². The average molecular weight is 275 g/mol. The van der Waals surface area contributed by atoms with E-state index in [9.17, 15) is 0 Å². The Morgan fingerprint density at radius 3 is 2.45 bits per heavy atom. The molecule has 112 valence electrons. The van der Waals surface area contributed by atoms with Crippen LogP contribution in [-0.2, 0) is 0 Å². The molecule has 2 N–H and O–H groups in total. The zero-order chi connectivity index (χ0) is 14.7. The molecular formula is C17H29N3. The van der Waals surface area contributed by atoms with Gasteiger partial charge in [-0.25, -0.2) is 0 Å². The molecule has 0 aromatic heterocycles. The molecule has 3 atom stereocenters. The molecule has 1 heterocycles. The lowest BCUT2D eigenvalue weighted by molar-refractivity contribution is 0.190. The van der Waals surface area contributed by atoms with Gasteiger partial charge in [0.25, 0.3) is 0 Å². The number of likely N-dealkylation sites (N-methyl/N-ethyl adjacent to an activating group) is 1. The van der Waals surface area contributed by atoms with Crippen molar-refractivity contribution in [3.63, 3.8) is 0 Å². The Kier molecular flexibility index (Phi) is 5.19. The summed E-state index contributed by atoms with van der Waals surface area (Å²) >= 11 is 0. The number of benzene rings is 1. The molecule has 1 aromatic carbocycles. The predicted octanol–water partition coefficient (Wildman–Crippen LogP) is 2.41. The van der Waals surface area contributed by atoms with Gasteiger partial charge in [0.05, 0.1) is 0 Å². The van der Waals surface area contributed by atoms with Crippen molar-refractivity contribution in [3.05, 3.63) is 35.4 Å². The minimum atomic E-state index is 0.207. The highest BCUT2D eigenvalue weighted by atomic mass is 15.3. The van der Waals surface area contributed by atoms with E-state index in [0.717, 1.165) is 19.5 Å². The molecule has 0 amide bonds. The van der Waals surface area contributed by atoms with Gasteiger partial charge in [0.15, 0.2) is 0 Å². The maximum absolute atomic E-state index is 6.43. The molecule has 20 heavy (non-hydrogen) atoms. The van der Waals surface area contributed by atoms with E-state index < -0.39 is 0 Å². The van der Waals surface area contributed by atoms with Crippen molar-refractivity contribution in [1.29, 1.82) is 0 Å². The smallest absolute Gasteiger partial charge is 0.0499 e. The van der Waals surface area contributed by atoms with Gasteiger partial charge in [-0.3, -0.25) is 4.90 Å². The second-order valence-corrected chi connectivity index (χ2v) is 6.33. The summed E-state index contributed by atoms with van der Waals surface area (Å²) in [6.45, 7) is 6.59. The van der Waals surface area contributed by atoms with Crippen molar-refractivity contribution in [2.75, 3.05) is 27.2 Å². The largest absolute Gasteiger partial charge is 0.326 e. The lowest BCUT2D eigenvalue weighted by atomic mass is 9.96. The predicted molar refractivity (Wildman–Crippen MR) is 85.9 cm³/mol. The van der Waals surface area contributed by atoms with E-state index in [4.69, 9.17) is 5.73 Å². The van der Waals surface area contributed by atoms with Crippen LogP contribution in [0.5, 0.6) is 0 Å². The quantitative estimate of drug-likeness (QED) is 0.895. The summed E-state index contributed by atoms with van der Waals surface area (Å²) in [5, 5.41) is 0. The summed E-state index contributed by atoms with van der Waals surface area (Å²) in [6, 6.07) is 10.1. The number of nitrogens with zero attached hydrogens (tertiary/aromatic N) is 2. The number of likely N-dealkylation sites (tertiary alicyclic amines) is 1. The van der Waals surface area contributed by atoms with Crippen molar-refractivity contribution < 1.29 is 0 Å². The van der Waals surface area contributed by atoms with Gasteiger partial charge in [-0.1, -0.05) is 36.8 Å². The highest BCUT2D eigenvalue weighted by molar-refractivity contribution is 5.25. The topological polar surface area (TPSA) is 32.5 Å². The van der Waals surface area contributed by atoms with Crippen LogP contribution in [0.4, 0.5) is 0 Å². The molecular weight excluding hydrogens is 246 g/mol. The van der Waals surface area contributed by atoms with Crippen molar-refractivity contribution in [1.82, 2.24) is 9.80 Å². The van der Waals surface area contributed by atoms with Crippen LogP contribution in [-0.4, -0.2) is 49.1 Å². The summed E-state index contributed by atoms with van der Waals surface area (Å²) in [4.78, 5) is 4.91. The first-order valence-electron chi connectivity index (χ1n) is 7.75. The minimum Gasteiger partial charge on any atom is -0.326 e. The van der Waals surface area contributed by atoms with Gasteiger partial charge in [-0.2, -0.15) is 0 Å². The second-order valence-electron chi connectivity index (χ2n) is 6.33. The van der Waals surface area contributed by atoms with E-state index in [2.05, 4.69) is 62.0 Å². The molecule has 3 nitrogen and oxygen atoms in total. The number of nitrogens with two attached hydrogens (primary N) is 1. The van der Waals surface area contributed by atoms with Crippen molar-refractivity contribution >= 4 is 0 Å². The van der Waals surface area contributed by atoms with E-state index in [1.807, 2.05) is 0 Å². The summed E-state index contributed by atoms with van der Waals surface area (Å²) in [5.41, 5.74) is 9.11. The first-order chi connectivity index (χ1) is 9.52. The molecule has 3 heteroatoms. The molecule has 3 unspecified atom stereocenters. The molecule has 1 saturated heterocycles. The normalized spacial score (nSPS) is 23.2. The summed E-state index contributed by atoms with van der Waals surface area (Å²) < 4.78 is 0. The number of aryl methyl sites for hydroxylation is 1. The van der Waals surface area contributed by atoms with E-state index >= 15 is 0 Å². The minimum absolute atomic E-state index is 0.207. The van der Waals surface area contributed by atoms with E-state index in [1.165, 1.54) is 17.5 Å². The van der Waals surface area contributed by atoms with Gasteiger partial charge in [-0.05, 0) is 39.4 Å². The van der Waals surface area contributed by atoms with Crippen LogP contribution in [0.25, 0.3) is 0 Å². The van der Waals surface area contributed by atoms with Crippen LogP contribution in [0.15, 0.2) is 24.3 Å². The maximum Gasteiger partial charge on any atom is 0.0499 e. The fourth-order valence-corrected chi connectivity index (χ4v) is 3.16. The molecule has 0 bridgehead atoms. The van der Waals surface area contributed by atoms with E-state index in [1.54, 1.807) is 0 Å². The number of rotatable bonds is 5. The highest BCUT2D eigenvalue weighted by Crippen LogP contribution is 2.29. The average Bonchev–Trinajstić information content (AvgIpc) is 2.90. The molecule has 0 spiro atoms. The second kappa shape index (κ2) is 6.70. The zero-order valence-electron chi connectivity index (χ0n) is 13.3. The van der Waals surface area contributed by atoms with Crippen LogP contribution in [0.2, 0.25) is 0 Å². The lowest BCUT2D eigenvalue weighted by Crippen LogP contribution is -2.41. The molecule has 1 aliphatic heterocycles. The molecule has 0 aliphatic carbocycles. The Morgan fingerprint density at radius 1 is 1.30 bits per heavy atom. The fourth-order valence-electron chi connectivity index (χ4n) is 3.16. The van der Waals surface area contributed by atoms with E-state index in [0.29, 0.717) is 12.1 Å². The Morgan fingerprint density at radius 2 is 1.95 bits per heavy atom. The van der Waals surface area contributed by atoms with Crippen molar-refractivity contribution in [2.45, 2.75) is 44.8 Å². The fraction of sp³-hybridized carbons (Fsp3) is 0.647. The third-order valence-electron chi connectivity index (χ3n) is 4.61. The first-order valence-corrected chi connectivity index (χ1v) is 7.75. The Balaban J connectivity index is 2.18. The van der Waals surface area contributed by atoms with Crippen LogP contribution in [0.3, 0.4) is 0 Å². The molecule has 1 aromatic rings. The summed E-state index contributed by atoms with van der Waals surface area (Å²) in [7, 11) is 4.35. The van der Waals surface area contributed by atoms with E-state index in [-0.39, 0.29) is 6.04 Å². The van der Waals surface area contributed by atoms with Crippen LogP contribution >= 0.6 is 0 Å². The summed E-state index contributed by atoms with van der Waals surface area (Å²) in [5.74, 6) is 0.